The van der Waals surface area contributed by atoms with Crippen LogP contribution in [-0.4, -0.2) is 20.9 Å². The molecule has 2 rings (SSSR count). The van der Waals surface area contributed by atoms with Gasteiger partial charge in [0.1, 0.15) is 0 Å². The molecule has 0 radical (unpaired) electrons. The lowest BCUT2D eigenvalue weighted by Gasteiger charge is -2.06. The van der Waals surface area contributed by atoms with E-state index in [1.807, 2.05) is 17.7 Å². The zero-order valence-electron chi connectivity index (χ0n) is 9.56. The van der Waals surface area contributed by atoms with Crippen LogP contribution in [0, 0.1) is 6.92 Å². The zero-order chi connectivity index (χ0) is 11.9. The Bertz CT molecular complexity index is 555. The lowest BCUT2D eigenvalue weighted by Crippen LogP contribution is -2.04. The van der Waals surface area contributed by atoms with Crippen LogP contribution in [0.15, 0.2) is 18.2 Å². The Balaban J connectivity index is 2.67. The molecule has 4 nitrogen and oxygen atoms in total. The van der Waals surface area contributed by atoms with Gasteiger partial charge in [0.25, 0.3) is 0 Å². The van der Waals surface area contributed by atoms with Gasteiger partial charge in [0.2, 0.25) is 0 Å². The number of carbonyl (C=O) groups is 1. The van der Waals surface area contributed by atoms with Crippen molar-refractivity contribution >= 4 is 16.9 Å². The average Bonchev–Trinajstić information content (AvgIpc) is 2.55. The van der Waals surface area contributed by atoms with E-state index in [-0.39, 0.29) is 11.6 Å². The van der Waals surface area contributed by atoms with Gasteiger partial charge < -0.3 is 5.11 Å². The number of carboxylic acids is 1. The van der Waals surface area contributed by atoms with Crippen molar-refractivity contribution in [2.24, 2.45) is 0 Å². The largest absolute Gasteiger partial charge is 0.478 e. The maximum Gasteiger partial charge on any atom is 0.335 e. The van der Waals surface area contributed by atoms with Crippen LogP contribution in [0.4, 0.5) is 0 Å². The first-order valence-electron chi connectivity index (χ1n) is 5.23. The zero-order valence-corrected chi connectivity index (χ0v) is 9.56. The smallest absolute Gasteiger partial charge is 0.335 e. The second-order valence-electron chi connectivity index (χ2n) is 4.16. The number of aryl methyl sites for hydroxylation is 1. The molecule has 0 atom stereocenters. The van der Waals surface area contributed by atoms with Crippen LogP contribution >= 0.6 is 0 Å². The highest BCUT2D eigenvalue weighted by Crippen LogP contribution is 2.21. The molecule has 0 amide bonds. The van der Waals surface area contributed by atoms with Gasteiger partial charge in [0.05, 0.1) is 11.1 Å². The molecule has 84 valence electrons. The minimum absolute atomic E-state index is 0.278. The van der Waals surface area contributed by atoms with Crippen molar-refractivity contribution in [3.63, 3.8) is 0 Å². The monoisotopic (exact) mass is 218 g/mol. The highest BCUT2D eigenvalue weighted by atomic mass is 16.4. The van der Waals surface area contributed by atoms with Gasteiger partial charge in [-0.3, -0.25) is 4.68 Å². The van der Waals surface area contributed by atoms with E-state index in [4.69, 9.17) is 5.11 Å². The van der Waals surface area contributed by atoms with Gasteiger partial charge in [-0.25, -0.2) is 4.79 Å². The minimum Gasteiger partial charge on any atom is -0.478 e. The Kier molecular flexibility index (Phi) is 2.42. The number of fused-ring (bicyclic) bond motifs is 1. The summed E-state index contributed by atoms with van der Waals surface area (Å²) in [6.45, 7) is 6.10. The number of carboxylic acid groups (broad SMARTS) is 1. The molecular formula is C12H14N2O2. The molecule has 0 aliphatic heterocycles. The maximum atomic E-state index is 10.8. The molecule has 16 heavy (non-hydrogen) atoms. The van der Waals surface area contributed by atoms with E-state index in [0.29, 0.717) is 0 Å². The summed E-state index contributed by atoms with van der Waals surface area (Å²) in [6.07, 6.45) is 0. The molecule has 0 aliphatic carbocycles. The molecule has 1 aromatic carbocycles. The fourth-order valence-electron chi connectivity index (χ4n) is 1.87. The first kappa shape index (κ1) is 10.7. The van der Waals surface area contributed by atoms with Gasteiger partial charge in [-0.2, -0.15) is 5.10 Å². The summed E-state index contributed by atoms with van der Waals surface area (Å²) in [4.78, 5) is 10.8. The number of rotatable bonds is 2. The van der Waals surface area contributed by atoms with Gasteiger partial charge >= 0.3 is 5.97 Å². The normalized spacial score (nSPS) is 11.2. The Hall–Kier alpha value is -1.84. The first-order chi connectivity index (χ1) is 7.50. The van der Waals surface area contributed by atoms with E-state index in [0.717, 1.165) is 16.6 Å². The number of aromatic nitrogens is 2. The molecular weight excluding hydrogens is 204 g/mol. The molecule has 2 aromatic rings. The van der Waals surface area contributed by atoms with Crippen LogP contribution in [0.2, 0.25) is 0 Å². The third-order valence-electron chi connectivity index (χ3n) is 2.68. The van der Waals surface area contributed by atoms with E-state index >= 15 is 0 Å². The molecule has 0 fully saturated rings. The average molecular weight is 218 g/mol. The van der Waals surface area contributed by atoms with Crippen LogP contribution in [0.5, 0.6) is 0 Å². The maximum absolute atomic E-state index is 10.8. The van der Waals surface area contributed by atoms with E-state index < -0.39 is 5.97 Å². The molecule has 0 unspecified atom stereocenters. The van der Waals surface area contributed by atoms with Crippen LogP contribution in [0.1, 0.15) is 35.9 Å². The second-order valence-corrected chi connectivity index (χ2v) is 4.16. The van der Waals surface area contributed by atoms with Gasteiger partial charge in [0.15, 0.2) is 0 Å². The third kappa shape index (κ3) is 1.56. The highest BCUT2D eigenvalue weighted by molar-refractivity contribution is 5.93. The van der Waals surface area contributed by atoms with Gasteiger partial charge in [-0.15, -0.1) is 0 Å². The first-order valence-corrected chi connectivity index (χ1v) is 5.23. The fraction of sp³-hybridized carbons (Fsp3) is 0.333. The fourth-order valence-corrected chi connectivity index (χ4v) is 1.87. The molecule has 0 spiro atoms. The summed E-state index contributed by atoms with van der Waals surface area (Å²) in [5.74, 6) is -0.918. The molecule has 0 aliphatic rings. The van der Waals surface area contributed by atoms with Crippen molar-refractivity contribution in [1.29, 1.82) is 0 Å². The molecule has 4 heteroatoms. The van der Waals surface area contributed by atoms with Crippen LogP contribution < -0.4 is 0 Å². The van der Waals surface area contributed by atoms with Crippen molar-refractivity contribution in [1.82, 2.24) is 9.78 Å². The van der Waals surface area contributed by atoms with Crippen LogP contribution in [0.3, 0.4) is 0 Å². The Morgan fingerprint density at radius 2 is 2.12 bits per heavy atom. The van der Waals surface area contributed by atoms with Gasteiger partial charge in [-0.1, -0.05) is 6.07 Å². The summed E-state index contributed by atoms with van der Waals surface area (Å²) in [7, 11) is 0. The van der Waals surface area contributed by atoms with Crippen molar-refractivity contribution < 1.29 is 9.90 Å². The Morgan fingerprint density at radius 3 is 2.69 bits per heavy atom. The number of benzene rings is 1. The van der Waals surface area contributed by atoms with Gasteiger partial charge in [0, 0.05) is 17.1 Å². The summed E-state index contributed by atoms with van der Waals surface area (Å²) in [6, 6.07) is 5.33. The van der Waals surface area contributed by atoms with Gasteiger partial charge in [-0.05, 0) is 32.9 Å². The van der Waals surface area contributed by atoms with Crippen molar-refractivity contribution in [3.05, 3.63) is 29.5 Å². The standard InChI is InChI=1S/C12H14N2O2/c1-7(2)14-8(3)10-5-4-9(12(15)16)6-11(10)13-14/h4-7H,1-3H3,(H,15,16). The van der Waals surface area contributed by atoms with Crippen molar-refractivity contribution in [2.75, 3.05) is 0 Å². The quantitative estimate of drug-likeness (QED) is 0.843. The van der Waals surface area contributed by atoms with E-state index in [1.165, 1.54) is 0 Å². The van der Waals surface area contributed by atoms with E-state index in [9.17, 15) is 4.79 Å². The number of hydrogen-bond donors (Lipinski definition) is 1. The lowest BCUT2D eigenvalue weighted by atomic mass is 10.1. The Labute approximate surface area is 93.5 Å². The molecule has 0 saturated carbocycles. The third-order valence-corrected chi connectivity index (χ3v) is 2.68. The number of aromatic carboxylic acids is 1. The highest BCUT2D eigenvalue weighted by Gasteiger charge is 2.11. The molecule has 0 bridgehead atoms. The van der Waals surface area contributed by atoms with E-state index in [1.54, 1.807) is 12.1 Å². The molecule has 1 aromatic heterocycles. The second kappa shape index (κ2) is 3.63. The predicted octanol–water partition coefficient (Wildman–Crippen LogP) is 2.62. The summed E-state index contributed by atoms with van der Waals surface area (Å²) in [5, 5.41) is 14.3. The van der Waals surface area contributed by atoms with Crippen LogP contribution in [-0.2, 0) is 0 Å². The molecule has 1 N–H and O–H groups in total. The molecule has 0 saturated heterocycles. The number of nitrogens with zero attached hydrogens (tertiary/aromatic N) is 2. The molecule has 1 heterocycles. The summed E-state index contributed by atoms with van der Waals surface area (Å²) >= 11 is 0. The van der Waals surface area contributed by atoms with E-state index in [2.05, 4.69) is 18.9 Å². The summed E-state index contributed by atoms with van der Waals surface area (Å²) < 4.78 is 1.91. The van der Waals surface area contributed by atoms with Crippen LogP contribution in [0.25, 0.3) is 10.9 Å². The summed E-state index contributed by atoms with van der Waals surface area (Å²) in [5.41, 5.74) is 2.09. The minimum atomic E-state index is -0.918. The van der Waals surface area contributed by atoms with Crippen molar-refractivity contribution in [3.8, 4) is 0 Å². The Morgan fingerprint density at radius 1 is 1.44 bits per heavy atom. The van der Waals surface area contributed by atoms with Crippen molar-refractivity contribution in [2.45, 2.75) is 26.8 Å². The topological polar surface area (TPSA) is 55.1 Å². The number of hydrogen-bond acceptors (Lipinski definition) is 2. The lowest BCUT2D eigenvalue weighted by molar-refractivity contribution is 0.0697. The SMILES string of the molecule is Cc1c2ccc(C(=O)O)cc2nn1C(C)C. The predicted molar refractivity (Wildman–Crippen MR) is 61.8 cm³/mol.